The van der Waals surface area contributed by atoms with Crippen molar-refractivity contribution >= 4 is 5.91 Å². The predicted octanol–water partition coefficient (Wildman–Crippen LogP) is 4.15. The van der Waals surface area contributed by atoms with Gasteiger partial charge in [-0.2, -0.15) is 0 Å². The summed E-state index contributed by atoms with van der Waals surface area (Å²) in [5.74, 6) is -0.256. The third-order valence-corrected chi connectivity index (χ3v) is 14.5. The van der Waals surface area contributed by atoms with Gasteiger partial charge >= 0.3 is 0 Å². The second kappa shape index (κ2) is 40.2. The zero-order chi connectivity index (χ0) is 54.8. The smallest absolute Gasteiger partial charge is 0.220 e. The number of aliphatic hydroxyl groups excluding tert-OH is 11. The van der Waals surface area contributed by atoms with Crippen molar-refractivity contribution in [3.05, 3.63) is 36.5 Å². The fourth-order valence-electron chi connectivity index (χ4n) is 9.67. The summed E-state index contributed by atoms with van der Waals surface area (Å²) in [5.41, 5.74) is 0. The molecule has 0 radical (unpaired) electrons. The van der Waals surface area contributed by atoms with E-state index in [0.29, 0.717) is 12.8 Å². The highest BCUT2D eigenvalue weighted by molar-refractivity contribution is 5.76. The average Bonchev–Trinajstić information content (AvgIpc) is 3.41. The monoisotopic (exact) mass is 1080 g/mol. The van der Waals surface area contributed by atoms with Gasteiger partial charge in [-0.05, 0) is 51.4 Å². The lowest BCUT2D eigenvalue weighted by atomic mass is 9.96. The van der Waals surface area contributed by atoms with Crippen LogP contribution in [0.5, 0.6) is 0 Å². The molecule has 0 aromatic carbocycles. The van der Waals surface area contributed by atoms with Crippen LogP contribution in [-0.2, 0) is 33.2 Å². The molecule has 0 aliphatic carbocycles. The molecule has 12 N–H and O–H groups in total. The fraction of sp³-hybridized carbons (Fsp3) is 0.875. The van der Waals surface area contributed by atoms with Crippen LogP contribution in [0.15, 0.2) is 36.5 Å². The summed E-state index contributed by atoms with van der Waals surface area (Å²) in [6.45, 7) is 1.69. The minimum Gasteiger partial charge on any atom is -0.394 e. The molecule has 438 valence electrons. The SMILES string of the molecule is CCCCCCC/C=C\C/C=C\C/C=C\CCCCCCCCCCC(=O)NC(COC1OC(CO)C(OC2OC(CO)C(OC3OC(CO)C(O)C(O)C3O)C(O)C2O)C(O)C1O)C(O)CCCCCCCCC. The fourth-order valence-corrected chi connectivity index (χ4v) is 9.67. The van der Waals surface area contributed by atoms with Crippen LogP contribution in [0.4, 0.5) is 0 Å². The standard InChI is InChI=1S/C56H101NO18/c1-3-5-7-9-11-12-13-14-15-16-17-18-19-20-21-22-23-24-25-26-28-30-32-34-44(62)57-39(40(61)33-31-29-27-10-8-6-4-2)38-70-54-50(68)47(65)52(42(36-59)72-54)75-56-51(69)48(66)53(43(37-60)73-56)74-55-49(67)46(64)45(63)41(35-58)71-55/h13-14,16-17,19-20,39-43,45-56,58-61,63-69H,3-12,15,18,21-38H2,1-2H3,(H,57,62)/b14-13-,17-16-,20-19-. The molecule has 0 spiro atoms. The quantitative estimate of drug-likeness (QED) is 0.0302. The van der Waals surface area contributed by atoms with E-state index >= 15 is 0 Å². The van der Waals surface area contributed by atoms with Crippen LogP contribution in [0.1, 0.15) is 181 Å². The minimum atomic E-state index is -1.97. The zero-order valence-corrected chi connectivity index (χ0v) is 45.3. The van der Waals surface area contributed by atoms with E-state index in [1.165, 1.54) is 64.2 Å². The molecular formula is C56H101NO18. The highest BCUT2D eigenvalue weighted by atomic mass is 16.8. The van der Waals surface area contributed by atoms with Crippen molar-refractivity contribution in [2.45, 2.75) is 285 Å². The zero-order valence-electron chi connectivity index (χ0n) is 45.3. The first-order chi connectivity index (χ1) is 36.3. The number of hydrogen-bond donors (Lipinski definition) is 12. The van der Waals surface area contributed by atoms with Crippen LogP contribution >= 0.6 is 0 Å². The summed E-state index contributed by atoms with van der Waals surface area (Å²) in [6.07, 6.45) is 14.2. The summed E-state index contributed by atoms with van der Waals surface area (Å²) < 4.78 is 34.1. The van der Waals surface area contributed by atoms with Gasteiger partial charge in [0.1, 0.15) is 73.2 Å². The van der Waals surface area contributed by atoms with Crippen LogP contribution < -0.4 is 5.32 Å². The molecule has 0 saturated carbocycles. The first-order valence-corrected chi connectivity index (χ1v) is 28.7. The molecular weight excluding hydrogens is 975 g/mol. The summed E-state index contributed by atoms with van der Waals surface area (Å²) in [7, 11) is 0. The lowest BCUT2D eigenvalue weighted by molar-refractivity contribution is -0.379. The Morgan fingerprint density at radius 3 is 1.37 bits per heavy atom. The molecule has 17 atom stereocenters. The van der Waals surface area contributed by atoms with Crippen LogP contribution in [-0.4, -0.2) is 193 Å². The van der Waals surface area contributed by atoms with Crippen LogP contribution in [0.3, 0.4) is 0 Å². The van der Waals surface area contributed by atoms with Crippen molar-refractivity contribution in [2.24, 2.45) is 0 Å². The van der Waals surface area contributed by atoms with Crippen molar-refractivity contribution < 1.29 is 89.4 Å². The van der Waals surface area contributed by atoms with Crippen molar-refractivity contribution in [1.29, 1.82) is 0 Å². The second-order valence-corrected chi connectivity index (χ2v) is 20.8. The number of unbranched alkanes of at least 4 members (excludes halogenated alkanes) is 19. The Bertz CT molecular complexity index is 1520. The number of amides is 1. The van der Waals surface area contributed by atoms with Gasteiger partial charge in [0.15, 0.2) is 18.9 Å². The van der Waals surface area contributed by atoms with Crippen molar-refractivity contribution in [3.63, 3.8) is 0 Å². The summed E-state index contributed by atoms with van der Waals surface area (Å²) in [5, 5.41) is 120. The number of ether oxygens (including phenoxy) is 6. The first-order valence-electron chi connectivity index (χ1n) is 28.7. The van der Waals surface area contributed by atoms with Gasteiger partial charge in [0, 0.05) is 6.42 Å². The van der Waals surface area contributed by atoms with Crippen molar-refractivity contribution in [3.8, 4) is 0 Å². The lowest BCUT2D eigenvalue weighted by Crippen LogP contribution is -2.66. The van der Waals surface area contributed by atoms with Gasteiger partial charge in [-0.15, -0.1) is 0 Å². The molecule has 0 aromatic heterocycles. The number of carbonyl (C=O) groups excluding carboxylic acids is 1. The molecule has 3 aliphatic heterocycles. The third kappa shape index (κ3) is 24.9. The van der Waals surface area contributed by atoms with Crippen LogP contribution in [0.25, 0.3) is 0 Å². The Hall–Kier alpha value is -1.99. The number of rotatable bonds is 41. The van der Waals surface area contributed by atoms with E-state index in [9.17, 15) is 61.0 Å². The van der Waals surface area contributed by atoms with Gasteiger partial charge in [0.05, 0.1) is 38.6 Å². The van der Waals surface area contributed by atoms with E-state index in [2.05, 4.69) is 55.6 Å². The number of allylic oxidation sites excluding steroid dienone is 6. The topological polar surface area (TPSA) is 307 Å². The highest BCUT2D eigenvalue weighted by Crippen LogP contribution is 2.33. The van der Waals surface area contributed by atoms with Crippen LogP contribution in [0.2, 0.25) is 0 Å². The number of nitrogens with one attached hydrogen (secondary N) is 1. The van der Waals surface area contributed by atoms with Crippen molar-refractivity contribution in [2.75, 3.05) is 26.4 Å². The van der Waals surface area contributed by atoms with Gasteiger partial charge in [0.25, 0.3) is 0 Å². The highest BCUT2D eigenvalue weighted by Gasteiger charge is 2.53. The normalized spacial score (nSPS) is 31.5. The molecule has 3 aliphatic rings. The van der Waals surface area contributed by atoms with Gasteiger partial charge in [-0.3, -0.25) is 4.79 Å². The average molecular weight is 1080 g/mol. The molecule has 17 unspecified atom stereocenters. The number of carbonyl (C=O) groups is 1. The number of aliphatic hydroxyl groups is 11. The van der Waals surface area contributed by atoms with Gasteiger partial charge in [-0.25, -0.2) is 0 Å². The molecule has 3 heterocycles. The summed E-state index contributed by atoms with van der Waals surface area (Å²) in [6, 6.07) is -0.888. The maximum Gasteiger partial charge on any atom is 0.220 e. The maximum absolute atomic E-state index is 13.2. The minimum absolute atomic E-state index is 0.256. The van der Waals surface area contributed by atoms with Gasteiger partial charge in [-0.1, -0.05) is 159 Å². The largest absolute Gasteiger partial charge is 0.394 e. The molecule has 1 amide bonds. The predicted molar refractivity (Wildman–Crippen MR) is 282 cm³/mol. The molecule has 19 nitrogen and oxygen atoms in total. The molecule has 19 heteroatoms. The Morgan fingerprint density at radius 1 is 0.480 bits per heavy atom. The van der Waals surface area contributed by atoms with Crippen molar-refractivity contribution in [1.82, 2.24) is 5.32 Å². The first kappa shape index (κ1) is 67.3. The van der Waals surface area contributed by atoms with E-state index in [-0.39, 0.29) is 18.9 Å². The summed E-state index contributed by atoms with van der Waals surface area (Å²) >= 11 is 0. The van der Waals surface area contributed by atoms with E-state index < -0.39 is 124 Å². The molecule has 0 aromatic rings. The van der Waals surface area contributed by atoms with E-state index in [1.54, 1.807) is 0 Å². The Labute approximate surface area is 447 Å². The van der Waals surface area contributed by atoms with E-state index in [0.717, 1.165) is 83.5 Å². The molecule has 3 fully saturated rings. The Balaban J connectivity index is 1.43. The Morgan fingerprint density at radius 2 is 0.880 bits per heavy atom. The van der Waals surface area contributed by atoms with E-state index in [1.807, 2.05) is 0 Å². The summed E-state index contributed by atoms with van der Waals surface area (Å²) in [4.78, 5) is 13.2. The maximum atomic E-state index is 13.2. The molecule has 3 rings (SSSR count). The molecule has 75 heavy (non-hydrogen) atoms. The molecule has 0 bridgehead atoms. The molecule has 3 saturated heterocycles. The van der Waals surface area contributed by atoms with Gasteiger partial charge < -0.3 is 89.9 Å². The second-order valence-electron chi connectivity index (χ2n) is 20.8. The van der Waals surface area contributed by atoms with Gasteiger partial charge in [0.2, 0.25) is 5.91 Å². The van der Waals surface area contributed by atoms with Crippen LogP contribution in [0, 0.1) is 0 Å². The number of hydrogen-bond acceptors (Lipinski definition) is 18. The third-order valence-electron chi connectivity index (χ3n) is 14.5. The van der Waals surface area contributed by atoms with E-state index in [4.69, 9.17) is 28.4 Å². The lowest BCUT2D eigenvalue weighted by Gasteiger charge is -2.48. The Kier molecular flexibility index (Phi) is 36.1.